The minimum atomic E-state index is -1.65. The summed E-state index contributed by atoms with van der Waals surface area (Å²) in [6.45, 7) is 16.7. The molecule has 0 unspecified atom stereocenters. The van der Waals surface area contributed by atoms with Crippen LogP contribution in [0.2, 0.25) is 18.1 Å². The van der Waals surface area contributed by atoms with Crippen LogP contribution in [0.15, 0.2) is 42.5 Å². The van der Waals surface area contributed by atoms with Gasteiger partial charge in [0.2, 0.25) is 0 Å². The molecule has 1 nitrogen and oxygen atoms in total. The third-order valence-electron chi connectivity index (χ3n) is 5.32. The maximum absolute atomic E-state index is 6.48. The Morgan fingerprint density at radius 2 is 1.76 bits per heavy atom. The van der Waals surface area contributed by atoms with Gasteiger partial charge in [-0.05, 0) is 48.4 Å². The second-order valence-corrected chi connectivity index (χ2v) is 12.8. The van der Waals surface area contributed by atoms with Gasteiger partial charge in [-0.2, -0.15) is 0 Å². The van der Waals surface area contributed by atoms with Gasteiger partial charge in [-0.1, -0.05) is 63.3 Å². The summed E-state index contributed by atoms with van der Waals surface area (Å²) in [5.41, 5.74) is 2.83. The normalized spacial score (nSPS) is 23.6. The predicted octanol–water partition coefficient (Wildman–Crippen LogP) is 5.76. The number of hydrogen-bond donors (Lipinski definition) is 0. The first-order valence-electron chi connectivity index (χ1n) is 8.06. The summed E-state index contributed by atoms with van der Waals surface area (Å²) >= 11 is 0. The van der Waals surface area contributed by atoms with Crippen LogP contribution < -0.4 is 0 Å². The third kappa shape index (κ3) is 3.86. The molecule has 21 heavy (non-hydrogen) atoms. The Labute approximate surface area is 131 Å². The van der Waals surface area contributed by atoms with Crippen LogP contribution in [0.5, 0.6) is 0 Å². The molecule has 0 heterocycles. The van der Waals surface area contributed by atoms with Crippen LogP contribution in [0, 0.1) is 5.92 Å². The highest BCUT2D eigenvalue weighted by Gasteiger charge is 2.39. The van der Waals surface area contributed by atoms with E-state index >= 15 is 0 Å². The second-order valence-electron chi connectivity index (χ2n) is 8.01. The van der Waals surface area contributed by atoms with E-state index in [9.17, 15) is 0 Å². The molecule has 0 aliphatic heterocycles. The highest BCUT2D eigenvalue weighted by Crippen LogP contribution is 2.44. The molecule has 0 saturated heterocycles. The molecule has 1 aromatic carbocycles. The fraction of sp³-hybridized carbons (Fsp3) is 0.579. The summed E-state index contributed by atoms with van der Waals surface area (Å²) in [5.74, 6) is 1.18. The van der Waals surface area contributed by atoms with Gasteiger partial charge in [0.1, 0.15) is 0 Å². The molecule has 2 atom stereocenters. The molecule has 1 aliphatic carbocycles. The third-order valence-corrected chi connectivity index (χ3v) is 9.82. The molecule has 2 rings (SSSR count). The van der Waals surface area contributed by atoms with Crippen molar-refractivity contribution in [3.05, 3.63) is 48.0 Å². The molecule has 116 valence electrons. The quantitative estimate of drug-likeness (QED) is 0.507. The van der Waals surface area contributed by atoms with Gasteiger partial charge in [0.05, 0.1) is 0 Å². The number of rotatable bonds is 4. The minimum Gasteiger partial charge on any atom is -0.417 e. The van der Waals surface area contributed by atoms with Crippen LogP contribution in [0.3, 0.4) is 0 Å². The molecule has 0 aromatic heterocycles. The van der Waals surface area contributed by atoms with E-state index in [0.717, 1.165) is 19.4 Å². The molecule has 2 heteroatoms. The van der Waals surface area contributed by atoms with Gasteiger partial charge >= 0.3 is 0 Å². The summed E-state index contributed by atoms with van der Waals surface area (Å²) in [7, 11) is -1.65. The van der Waals surface area contributed by atoms with Crippen LogP contribution in [-0.2, 0) is 4.43 Å². The van der Waals surface area contributed by atoms with Crippen molar-refractivity contribution in [1.82, 2.24) is 0 Å². The van der Waals surface area contributed by atoms with E-state index in [-0.39, 0.29) is 5.04 Å². The lowest BCUT2D eigenvalue weighted by atomic mass is 9.89. The van der Waals surface area contributed by atoms with Crippen molar-refractivity contribution in [1.29, 1.82) is 0 Å². The van der Waals surface area contributed by atoms with Gasteiger partial charge in [-0.3, -0.25) is 0 Å². The molecule has 0 N–H and O–H groups in total. The van der Waals surface area contributed by atoms with E-state index in [1.165, 1.54) is 11.1 Å². The Balaban J connectivity index is 2.06. The molecular formula is C19H30OSi. The Morgan fingerprint density at radius 1 is 1.14 bits per heavy atom. The van der Waals surface area contributed by atoms with E-state index in [0.29, 0.717) is 11.8 Å². The summed E-state index contributed by atoms with van der Waals surface area (Å²) < 4.78 is 6.48. The van der Waals surface area contributed by atoms with Gasteiger partial charge in [0.15, 0.2) is 8.32 Å². The highest BCUT2D eigenvalue weighted by molar-refractivity contribution is 6.74. The maximum Gasteiger partial charge on any atom is 0.191 e. The van der Waals surface area contributed by atoms with Gasteiger partial charge in [0.25, 0.3) is 0 Å². The van der Waals surface area contributed by atoms with E-state index < -0.39 is 8.32 Å². The van der Waals surface area contributed by atoms with E-state index in [2.05, 4.69) is 70.8 Å². The maximum atomic E-state index is 6.48. The molecule has 1 saturated carbocycles. The summed E-state index contributed by atoms with van der Waals surface area (Å²) in [6, 6.07) is 10.9. The Kier molecular flexibility index (Phi) is 4.79. The monoisotopic (exact) mass is 302 g/mol. The lowest BCUT2D eigenvalue weighted by Gasteiger charge is -2.37. The fourth-order valence-electron chi connectivity index (χ4n) is 2.87. The minimum absolute atomic E-state index is 0.283. The zero-order chi connectivity index (χ0) is 15.7. The Hall–Kier alpha value is -0.863. The average molecular weight is 303 g/mol. The number of allylic oxidation sites excluding steroid dienone is 1. The summed E-state index contributed by atoms with van der Waals surface area (Å²) in [5, 5.41) is 0.283. The summed E-state index contributed by atoms with van der Waals surface area (Å²) in [6.07, 6.45) is 2.24. The second kappa shape index (κ2) is 6.10. The van der Waals surface area contributed by atoms with Crippen molar-refractivity contribution in [2.24, 2.45) is 5.92 Å². The molecule has 1 fully saturated rings. The van der Waals surface area contributed by atoms with Crippen molar-refractivity contribution in [2.75, 3.05) is 6.61 Å². The smallest absolute Gasteiger partial charge is 0.191 e. The highest BCUT2D eigenvalue weighted by atomic mass is 28.4. The van der Waals surface area contributed by atoms with E-state index in [4.69, 9.17) is 4.43 Å². The molecule has 0 amide bonds. The Bertz CT molecular complexity index is 484. The van der Waals surface area contributed by atoms with Crippen LogP contribution in [0.25, 0.3) is 0 Å². The first-order chi connectivity index (χ1) is 9.71. The zero-order valence-corrected chi connectivity index (χ0v) is 15.3. The van der Waals surface area contributed by atoms with Crippen LogP contribution >= 0.6 is 0 Å². The van der Waals surface area contributed by atoms with Crippen molar-refractivity contribution in [3.8, 4) is 0 Å². The zero-order valence-electron chi connectivity index (χ0n) is 14.3. The van der Waals surface area contributed by atoms with Crippen molar-refractivity contribution in [2.45, 2.75) is 57.7 Å². The lowest BCUT2D eigenvalue weighted by molar-refractivity contribution is 0.220. The lowest BCUT2D eigenvalue weighted by Crippen LogP contribution is -2.42. The Morgan fingerprint density at radius 3 is 2.33 bits per heavy atom. The number of benzene rings is 1. The van der Waals surface area contributed by atoms with Gasteiger partial charge in [0, 0.05) is 6.61 Å². The van der Waals surface area contributed by atoms with Crippen molar-refractivity contribution < 1.29 is 4.43 Å². The standard InChI is InChI=1S/C19H30OSi/c1-15-12-17(14-20-21(5,6)19(2,3)4)18(13-15)16-10-8-7-9-11-16/h7-11,17-18H,1,12-14H2,2-6H3/t17-,18-/m0/s1. The molecule has 0 bridgehead atoms. The topological polar surface area (TPSA) is 9.23 Å². The van der Waals surface area contributed by atoms with Gasteiger partial charge in [-0.15, -0.1) is 0 Å². The van der Waals surface area contributed by atoms with Gasteiger partial charge in [-0.25, -0.2) is 0 Å². The predicted molar refractivity (Wildman–Crippen MR) is 94.2 cm³/mol. The number of hydrogen-bond acceptors (Lipinski definition) is 1. The molecular weight excluding hydrogens is 272 g/mol. The average Bonchev–Trinajstić information content (AvgIpc) is 2.77. The van der Waals surface area contributed by atoms with Crippen LogP contribution in [-0.4, -0.2) is 14.9 Å². The first kappa shape index (κ1) is 16.5. The van der Waals surface area contributed by atoms with Crippen molar-refractivity contribution >= 4 is 8.32 Å². The van der Waals surface area contributed by atoms with Crippen molar-refractivity contribution in [3.63, 3.8) is 0 Å². The first-order valence-corrected chi connectivity index (χ1v) is 11.0. The molecule has 1 aromatic rings. The SMILES string of the molecule is C=C1C[C@@H](CO[Si](C)(C)C(C)(C)C)[C@H](c2ccccc2)C1. The van der Waals surface area contributed by atoms with Crippen LogP contribution in [0.4, 0.5) is 0 Å². The fourth-order valence-corrected chi connectivity index (χ4v) is 3.94. The van der Waals surface area contributed by atoms with E-state index in [1.807, 2.05) is 0 Å². The van der Waals surface area contributed by atoms with Gasteiger partial charge < -0.3 is 4.43 Å². The largest absolute Gasteiger partial charge is 0.417 e. The molecule has 1 aliphatic rings. The van der Waals surface area contributed by atoms with E-state index in [1.54, 1.807) is 0 Å². The summed E-state index contributed by atoms with van der Waals surface area (Å²) in [4.78, 5) is 0. The van der Waals surface area contributed by atoms with Crippen LogP contribution in [0.1, 0.15) is 45.1 Å². The molecule has 0 spiro atoms. The molecule has 0 radical (unpaired) electrons.